The first-order valence-electron chi connectivity index (χ1n) is 7.16. The molecule has 0 aromatic heterocycles. The van der Waals surface area contributed by atoms with Crippen LogP contribution in [0.2, 0.25) is 0 Å². The molecule has 0 amide bonds. The van der Waals surface area contributed by atoms with Crippen LogP contribution in [-0.2, 0) is 9.84 Å². The van der Waals surface area contributed by atoms with E-state index in [1.807, 2.05) is 6.92 Å². The fourth-order valence-electron chi connectivity index (χ4n) is 2.39. The average molecular weight is 335 g/mol. The minimum absolute atomic E-state index is 0.0221. The molecule has 2 N–H and O–H groups in total. The number of sulfone groups is 1. The number of benzene rings is 2. The molecule has 0 fully saturated rings. The van der Waals surface area contributed by atoms with Crippen molar-refractivity contribution in [3.63, 3.8) is 0 Å². The van der Waals surface area contributed by atoms with Gasteiger partial charge in [-0.1, -0.05) is 23.8 Å². The van der Waals surface area contributed by atoms with Crippen LogP contribution in [0.3, 0.4) is 0 Å². The molecule has 0 bridgehead atoms. The van der Waals surface area contributed by atoms with Crippen molar-refractivity contribution in [2.45, 2.75) is 17.1 Å². The van der Waals surface area contributed by atoms with Gasteiger partial charge < -0.3 is 15.2 Å². The molecule has 5 nitrogen and oxygen atoms in total. The van der Waals surface area contributed by atoms with Gasteiger partial charge in [0.25, 0.3) is 0 Å². The van der Waals surface area contributed by atoms with Crippen LogP contribution in [-0.4, -0.2) is 29.2 Å². The number of hydrogen-bond donors (Lipinski definition) is 1. The number of nitrogens with two attached hydrogens (primary N) is 1. The maximum atomic E-state index is 12.9. The van der Waals surface area contributed by atoms with Crippen LogP contribution in [0.4, 0.5) is 0 Å². The molecule has 0 heterocycles. The first-order valence-corrected chi connectivity index (χ1v) is 8.71. The molecule has 0 saturated heterocycles. The Balaban J connectivity index is 2.48. The minimum atomic E-state index is -3.59. The Hall–Kier alpha value is -2.05. The van der Waals surface area contributed by atoms with Gasteiger partial charge in [0.1, 0.15) is 5.25 Å². The maximum Gasteiger partial charge on any atom is 0.186 e. The van der Waals surface area contributed by atoms with Crippen molar-refractivity contribution in [2.75, 3.05) is 20.8 Å². The third-order valence-electron chi connectivity index (χ3n) is 3.72. The van der Waals surface area contributed by atoms with E-state index in [0.29, 0.717) is 17.1 Å². The predicted molar refractivity (Wildman–Crippen MR) is 89.7 cm³/mol. The van der Waals surface area contributed by atoms with E-state index in [-0.39, 0.29) is 11.4 Å². The summed E-state index contributed by atoms with van der Waals surface area (Å²) in [7, 11) is -0.551. The van der Waals surface area contributed by atoms with Crippen LogP contribution in [0.15, 0.2) is 47.4 Å². The van der Waals surface area contributed by atoms with E-state index in [9.17, 15) is 8.42 Å². The number of aryl methyl sites for hydroxylation is 1. The average Bonchev–Trinajstić information content (AvgIpc) is 2.55. The van der Waals surface area contributed by atoms with Crippen molar-refractivity contribution in [3.8, 4) is 11.5 Å². The number of ether oxygens (including phenoxy) is 2. The van der Waals surface area contributed by atoms with E-state index < -0.39 is 15.1 Å². The quantitative estimate of drug-likeness (QED) is 0.877. The van der Waals surface area contributed by atoms with Crippen LogP contribution < -0.4 is 15.2 Å². The maximum absolute atomic E-state index is 12.9. The zero-order chi connectivity index (χ0) is 17.0. The van der Waals surface area contributed by atoms with Crippen LogP contribution in [0.5, 0.6) is 11.5 Å². The van der Waals surface area contributed by atoms with Gasteiger partial charge in [-0.05, 0) is 36.8 Å². The van der Waals surface area contributed by atoms with Crippen LogP contribution >= 0.6 is 0 Å². The van der Waals surface area contributed by atoms with Gasteiger partial charge in [0.05, 0.1) is 19.1 Å². The molecule has 124 valence electrons. The molecular weight excluding hydrogens is 314 g/mol. The zero-order valence-electron chi connectivity index (χ0n) is 13.4. The molecule has 2 aromatic carbocycles. The lowest BCUT2D eigenvalue weighted by Gasteiger charge is -2.18. The topological polar surface area (TPSA) is 78.6 Å². The van der Waals surface area contributed by atoms with Crippen molar-refractivity contribution in [3.05, 3.63) is 53.6 Å². The summed E-state index contributed by atoms with van der Waals surface area (Å²) in [5.41, 5.74) is 7.34. The normalized spacial score (nSPS) is 12.7. The van der Waals surface area contributed by atoms with Gasteiger partial charge in [-0.2, -0.15) is 0 Å². The molecule has 0 aliphatic carbocycles. The summed E-state index contributed by atoms with van der Waals surface area (Å²) >= 11 is 0. The summed E-state index contributed by atoms with van der Waals surface area (Å²) < 4.78 is 36.2. The summed E-state index contributed by atoms with van der Waals surface area (Å²) in [6.45, 7) is 1.89. The summed E-state index contributed by atoms with van der Waals surface area (Å²) in [4.78, 5) is 0.258. The lowest BCUT2D eigenvalue weighted by atomic mass is 10.1. The molecule has 2 aromatic rings. The predicted octanol–water partition coefficient (Wildman–Crippen LogP) is 2.49. The second kappa shape index (κ2) is 7.02. The Morgan fingerprint density at radius 1 is 1.00 bits per heavy atom. The first-order chi connectivity index (χ1) is 10.9. The van der Waals surface area contributed by atoms with E-state index in [1.54, 1.807) is 42.5 Å². The highest BCUT2D eigenvalue weighted by Crippen LogP contribution is 2.34. The van der Waals surface area contributed by atoms with Crippen LogP contribution in [0, 0.1) is 6.92 Å². The fraction of sp³-hybridized carbons (Fsp3) is 0.294. The van der Waals surface area contributed by atoms with Gasteiger partial charge >= 0.3 is 0 Å². The first kappa shape index (κ1) is 17.3. The van der Waals surface area contributed by atoms with Gasteiger partial charge in [-0.25, -0.2) is 8.42 Å². The van der Waals surface area contributed by atoms with E-state index in [1.165, 1.54) is 14.2 Å². The molecule has 0 saturated carbocycles. The highest BCUT2D eigenvalue weighted by molar-refractivity contribution is 7.91. The van der Waals surface area contributed by atoms with Gasteiger partial charge in [-0.15, -0.1) is 0 Å². The molecule has 0 aliphatic rings. The molecule has 2 rings (SSSR count). The summed E-state index contributed by atoms with van der Waals surface area (Å²) in [5, 5.41) is -0.843. The van der Waals surface area contributed by atoms with E-state index in [4.69, 9.17) is 15.2 Å². The summed E-state index contributed by atoms with van der Waals surface area (Å²) in [6, 6.07) is 11.8. The van der Waals surface area contributed by atoms with Crippen molar-refractivity contribution in [1.29, 1.82) is 0 Å². The minimum Gasteiger partial charge on any atom is -0.493 e. The second-order valence-electron chi connectivity index (χ2n) is 5.20. The molecular formula is C17H21NO4S. The smallest absolute Gasteiger partial charge is 0.186 e. The van der Waals surface area contributed by atoms with Gasteiger partial charge in [0.15, 0.2) is 21.3 Å². The number of methoxy groups -OCH3 is 2. The highest BCUT2D eigenvalue weighted by Gasteiger charge is 2.28. The van der Waals surface area contributed by atoms with Crippen LogP contribution in [0.25, 0.3) is 0 Å². The lowest BCUT2D eigenvalue weighted by Crippen LogP contribution is -2.22. The van der Waals surface area contributed by atoms with Gasteiger partial charge in [0, 0.05) is 6.54 Å². The van der Waals surface area contributed by atoms with E-state index in [0.717, 1.165) is 5.56 Å². The Labute approximate surface area is 137 Å². The molecule has 0 aliphatic heterocycles. The SMILES string of the molecule is COc1ccc([C@H](CN)S(=O)(=O)c2ccc(C)cc2)cc1OC. The molecule has 0 spiro atoms. The Bertz CT molecular complexity index is 770. The standard InChI is InChI=1S/C17H21NO4S/c1-12-4-7-14(8-5-12)23(19,20)17(11-18)13-6-9-15(21-2)16(10-13)22-3/h4-10,17H,11,18H2,1-3H3/t17-/m0/s1. The summed E-state index contributed by atoms with van der Waals surface area (Å²) in [5.74, 6) is 1.02. The molecule has 6 heteroatoms. The number of hydrogen-bond acceptors (Lipinski definition) is 5. The summed E-state index contributed by atoms with van der Waals surface area (Å²) in [6.07, 6.45) is 0. The highest BCUT2D eigenvalue weighted by atomic mass is 32.2. The Morgan fingerprint density at radius 2 is 1.61 bits per heavy atom. The monoisotopic (exact) mass is 335 g/mol. The molecule has 1 atom stereocenters. The zero-order valence-corrected chi connectivity index (χ0v) is 14.3. The molecule has 0 radical (unpaired) electrons. The Morgan fingerprint density at radius 3 is 2.13 bits per heavy atom. The lowest BCUT2D eigenvalue weighted by molar-refractivity contribution is 0.354. The fourth-order valence-corrected chi connectivity index (χ4v) is 3.99. The van der Waals surface area contributed by atoms with Crippen molar-refractivity contribution >= 4 is 9.84 Å². The molecule has 23 heavy (non-hydrogen) atoms. The van der Waals surface area contributed by atoms with Crippen molar-refractivity contribution in [1.82, 2.24) is 0 Å². The third-order valence-corrected chi connectivity index (χ3v) is 5.86. The van der Waals surface area contributed by atoms with E-state index >= 15 is 0 Å². The largest absolute Gasteiger partial charge is 0.493 e. The van der Waals surface area contributed by atoms with E-state index in [2.05, 4.69) is 0 Å². The van der Waals surface area contributed by atoms with Crippen molar-refractivity contribution < 1.29 is 17.9 Å². The van der Waals surface area contributed by atoms with Crippen LogP contribution in [0.1, 0.15) is 16.4 Å². The number of rotatable bonds is 6. The molecule has 0 unspecified atom stereocenters. The van der Waals surface area contributed by atoms with Gasteiger partial charge in [0.2, 0.25) is 0 Å². The second-order valence-corrected chi connectivity index (χ2v) is 7.33. The third kappa shape index (κ3) is 3.48. The van der Waals surface area contributed by atoms with Gasteiger partial charge in [-0.3, -0.25) is 0 Å². The Kier molecular flexibility index (Phi) is 5.28. The van der Waals surface area contributed by atoms with Crippen molar-refractivity contribution in [2.24, 2.45) is 5.73 Å².